The minimum absolute atomic E-state index is 0.0589. The van der Waals surface area contributed by atoms with E-state index in [0.29, 0.717) is 109 Å². The standard InChI is InChI=1S/C70H82N12O9/c1-89-52-22-25-58-55(37-52)46(40-77-58)34-61(83)68(74,28-4-7-31-71)65(86)80-49-16-10-43(11-17-49)64(44-12-18-50(19-13-44)81-66(87)69(75,29-5-8-32-72)62(84)35-47-41-78-59-26-23-53(90-2)38-56(47)59)45-14-20-51(21-15-45)82-67(88)70(76,30-6-9-33-73)63(85)36-48-42-79-60-27-24-54(91-3)39-57(48)60/h10-27,37-42,64,77-79H,4-9,28-36,71-76H2,1-3H3,(H,80,86)(H,81,87)(H,82,88)/t68-,69-,70-/m1/s1. The average Bonchev–Trinajstić information content (AvgIpc) is 2.18. The lowest BCUT2D eigenvalue weighted by atomic mass is 9.83. The number of ketones is 3. The first kappa shape index (κ1) is 66.0. The van der Waals surface area contributed by atoms with Crippen molar-refractivity contribution in [1.29, 1.82) is 0 Å². The fraction of sp³-hybridized carbons (Fsp3) is 0.314. The highest BCUT2D eigenvalue weighted by molar-refractivity contribution is 6.18. The molecule has 3 atom stereocenters. The third-order valence-electron chi connectivity index (χ3n) is 17.3. The number of nitrogens with two attached hydrogens (primary N) is 6. The number of anilines is 3. The van der Waals surface area contributed by atoms with E-state index in [9.17, 15) is 28.8 Å². The van der Waals surface area contributed by atoms with Crippen LogP contribution in [0.15, 0.2) is 146 Å². The summed E-state index contributed by atoms with van der Waals surface area (Å²) in [4.78, 5) is 95.7. The summed E-state index contributed by atoms with van der Waals surface area (Å²) < 4.78 is 16.3. The second kappa shape index (κ2) is 29.4. The van der Waals surface area contributed by atoms with E-state index in [0.717, 1.165) is 49.4 Å². The number of ether oxygens (including phenoxy) is 3. The van der Waals surface area contributed by atoms with E-state index in [4.69, 9.17) is 48.6 Å². The predicted molar refractivity (Wildman–Crippen MR) is 356 cm³/mol. The second-order valence-corrected chi connectivity index (χ2v) is 23.3. The Hall–Kier alpha value is -9.48. The van der Waals surface area contributed by atoms with Crippen molar-refractivity contribution in [2.75, 3.05) is 56.9 Å². The third-order valence-corrected chi connectivity index (χ3v) is 17.3. The molecule has 9 aromatic rings. The molecule has 0 aliphatic rings. The molecule has 21 heteroatoms. The summed E-state index contributed by atoms with van der Waals surface area (Å²) in [6.07, 6.45) is 8.00. The first-order valence-electron chi connectivity index (χ1n) is 30.6. The Balaban J connectivity index is 0.992. The average molecular weight is 1240 g/mol. The number of aromatic nitrogens is 3. The van der Waals surface area contributed by atoms with Crippen molar-refractivity contribution in [2.24, 2.45) is 34.4 Å². The van der Waals surface area contributed by atoms with Gasteiger partial charge in [0.15, 0.2) is 34.0 Å². The molecule has 0 radical (unpaired) electrons. The van der Waals surface area contributed by atoms with Gasteiger partial charge in [0.1, 0.15) is 17.2 Å². The van der Waals surface area contributed by atoms with Crippen molar-refractivity contribution in [3.05, 3.63) is 179 Å². The van der Waals surface area contributed by atoms with Crippen LogP contribution >= 0.6 is 0 Å². The maximum Gasteiger partial charge on any atom is 0.252 e. The Morgan fingerprint density at radius 3 is 0.901 bits per heavy atom. The highest BCUT2D eigenvalue weighted by Crippen LogP contribution is 2.36. The molecule has 9 rings (SSSR count). The van der Waals surface area contributed by atoms with Gasteiger partial charge in [0, 0.05) is 93.5 Å². The minimum Gasteiger partial charge on any atom is -0.497 e. The number of carbonyl (C=O) groups is 6. The molecule has 0 bridgehead atoms. The van der Waals surface area contributed by atoms with E-state index in [1.807, 2.05) is 91.0 Å². The molecule has 0 aliphatic carbocycles. The molecule has 21 nitrogen and oxygen atoms in total. The van der Waals surface area contributed by atoms with E-state index in [1.165, 1.54) is 0 Å². The second-order valence-electron chi connectivity index (χ2n) is 23.3. The van der Waals surface area contributed by atoms with Crippen molar-refractivity contribution >= 4 is 84.8 Å². The Kier molecular flexibility index (Phi) is 21.3. The molecule has 0 unspecified atom stereocenters. The van der Waals surface area contributed by atoms with Gasteiger partial charge in [0.25, 0.3) is 17.7 Å². The molecular weight excluding hydrogens is 1150 g/mol. The van der Waals surface area contributed by atoms with Gasteiger partial charge in [-0.25, -0.2) is 0 Å². The summed E-state index contributed by atoms with van der Waals surface area (Å²) in [5.41, 5.74) is 40.3. The van der Waals surface area contributed by atoms with Crippen LogP contribution in [0.3, 0.4) is 0 Å². The number of hydrogen-bond donors (Lipinski definition) is 12. The van der Waals surface area contributed by atoms with Crippen molar-refractivity contribution in [3.63, 3.8) is 0 Å². The van der Waals surface area contributed by atoms with Gasteiger partial charge < -0.3 is 79.5 Å². The van der Waals surface area contributed by atoms with Crippen LogP contribution in [-0.4, -0.2) is 108 Å². The summed E-state index contributed by atoms with van der Waals surface area (Å²) in [6, 6.07) is 37.9. The SMILES string of the molecule is COc1ccc2[nH]cc(CC(=O)[C@](N)(CCCCN)C(=O)Nc3ccc(C(c4ccc(NC(=O)[C@@](N)(CCCCN)C(=O)Cc5c[nH]c6ccc(OC)cc56)cc4)c4ccc(NC(=O)[C@@](N)(CCCCN)C(=O)Cc5c[nH]c6ccc(OC)cc56)cc4)cc3)c2c1. The van der Waals surface area contributed by atoms with E-state index in [1.54, 1.807) is 76.3 Å². The molecule has 3 heterocycles. The highest BCUT2D eigenvalue weighted by atomic mass is 16.5. The lowest BCUT2D eigenvalue weighted by Gasteiger charge is -2.28. The van der Waals surface area contributed by atoms with Gasteiger partial charge >= 0.3 is 0 Å². The lowest BCUT2D eigenvalue weighted by molar-refractivity contribution is -0.134. The summed E-state index contributed by atoms with van der Waals surface area (Å²) >= 11 is 0. The molecule has 3 amide bonds. The molecule has 0 fully saturated rings. The van der Waals surface area contributed by atoms with Crippen molar-refractivity contribution in [2.45, 2.75) is 99.6 Å². The molecule has 476 valence electrons. The smallest absolute Gasteiger partial charge is 0.252 e. The molecule has 0 saturated heterocycles. The topological polar surface area (TPSA) is 370 Å². The normalized spacial score (nSPS) is 13.5. The fourth-order valence-electron chi connectivity index (χ4n) is 11.6. The van der Waals surface area contributed by atoms with Gasteiger partial charge in [-0.2, -0.15) is 0 Å². The van der Waals surface area contributed by atoms with Crippen LogP contribution in [0, 0.1) is 0 Å². The van der Waals surface area contributed by atoms with Crippen molar-refractivity contribution in [1.82, 2.24) is 15.0 Å². The zero-order valence-corrected chi connectivity index (χ0v) is 51.7. The number of H-pyrrole nitrogens is 3. The van der Waals surface area contributed by atoms with Crippen LogP contribution in [0.5, 0.6) is 17.2 Å². The molecule has 0 aliphatic heterocycles. The number of carbonyl (C=O) groups excluding carboxylic acids is 6. The number of fused-ring (bicyclic) bond motifs is 3. The van der Waals surface area contributed by atoms with Gasteiger partial charge in [-0.3, -0.25) is 28.8 Å². The van der Waals surface area contributed by atoms with Gasteiger partial charge in [0.05, 0.1) is 21.3 Å². The maximum absolute atomic E-state index is 14.4. The molecule has 91 heavy (non-hydrogen) atoms. The van der Waals surface area contributed by atoms with Crippen LogP contribution in [0.25, 0.3) is 32.7 Å². The monoisotopic (exact) mass is 1230 g/mol. The quantitative estimate of drug-likeness (QED) is 0.0105. The van der Waals surface area contributed by atoms with Gasteiger partial charge in [-0.15, -0.1) is 0 Å². The van der Waals surface area contributed by atoms with E-state index in [2.05, 4.69) is 30.9 Å². The van der Waals surface area contributed by atoms with Crippen molar-refractivity contribution in [3.8, 4) is 17.2 Å². The van der Waals surface area contributed by atoms with E-state index >= 15 is 0 Å². The van der Waals surface area contributed by atoms with E-state index < -0.39 is 57.6 Å². The van der Waals surface area contributed by atoms with E-state index in [-0.39, 0.29) is 38.5 Å². The van der Waals surface area contributed by atoms with Gasteiger partial charge in [-0.05, 0) is 202 Å². The number of benzene rings is 6. The Morgan fingerprint density at radius 2 is 0.659 bits per heavy atom. The number of nitrogens with one attached hydrogen (secondary N) is 6. The predicted octanol–water partition coefficient (Wildman–Crippen LogP) is 8.07. The van der Waals surface area contributed by atoms with Crippen LogP contribution < -0.4 is 64.6 Å². The number of amides is 3. The fourth-order valence-corrected chi connectivity index (χ4v) is 11.6. The first-order chi connectivity index (χ1) is 43.9. The zero-order valence-electron chi connectivity index (χ0n) is 51.7. The summed E-state index contributed by atoms with van der Waals surface area (Å²) in [5, 5.41) is 11.1. The molecule has 6 aromatic carbocycles. The van der Waals surface area contributed by atoms with Crippen LogP contribution in [0.2, 0.25) is 0 Å². The summed E-state index contributed by atoms with van der Waals surface area (Å²) in [6.45, 7) is 1.07. The third kappa shape index (κ3) is 14.9. The molecule has 18 N–H and O–H groups in total. The van der Waals surface area contributed by atoms with Crippen LogP contribution in [-0.2, 0) is 48.0 Å². The lowest BCUT2D eigenvalue weighted by Crippen LogP contribution is -2.58. The Morgan fingerprint density at radius 1 is 0.396 bits per heavy atom. The molecule has 3 aromatic heterocycles. The Bertz CT molecular complexity index is 3630. The van der Waals surface area contributed by atoms with Crippen LogP contribution in [0.4, 0.5) is 17.1 Å². The Labute approximate surface area is 528 Å². The van der Waals surface area contributed by atoms with Gasteiger partial charge in [0.2, 0.25) is 0 Å². The molecule has 0 spiro atoms. The summed E-state index contributed by atoms with van der Waals surface area (Å²) in [7, 11) is 4.69. The number of aromatic amines is 3. The zero-order chi connectivity index (χ0) is 64.9. The largest absolute Gasteiger partial charge is 0.497 e. The highest BCUT2D eigenvalue weighted by Gasteiger charge is 2.44. The van der Waals surface area contributed by atoms with Crippen molar-refractivity contribution < 1.29 is 43.0 Å². The number of methoxy groups -OCH3 is 3. The van der Waals surface area contributed by atoms with Gasteiger partial charge in [-0.1, -0.05) is 36.4 Å². The molecular formula is C70H82N12O9. The maximum atomic E-state index is 14.4. The first-order valence-corrected chi connectivity index (χ1v) is 30.6. The number of hydrogen-bond acceptors (Lipinski definition) is 15. The molecule has 0 saturated carbocycles. The number of Topliss-reactive ketones (excluding diaryl/α,β-unsaturated/α-hetero) is 3. The summed E-state index contributed by atoms with van der Waals surface area (Å²) in [5.74, 6) is -2.08. The number of unbranched alkanes of at least 4 members (excludes halogenated alkanes) is 3. The van der Waals surface area contributed by atoms with Crippen LogP contribution in [0.1, 0.15) is 97.1 Å². The minimum atomic E-state index is -1.91. The number of rotatable bonds is 33.